The molecule has 126 valence electrons. The van der Waals surface area contributed by atoms with Gasteiger partial charge in [-0.1, -0.05) is 12.1 Å². The van der Waals surface area contributed by atoms with Crippen molar-refractivity contribution in [3.63, 3.8) is 0 Å². The van der Waals surface area contributed by atoms with Crippen molar-refractivity contribution < 1.29 is 24.5 Å². The molecule has 6 nitrogen and oxygen atoms in total. The molecule has 0 radical (unpaired) electrons. The number of carbonyl (C=O) groups is 1. The number of hydrogen-bond acceptors (Lipinski definition) is 5. The molecule has 1 aromatic carbocycles. The Morgan fingerprint density at radius 2 is 2.00 bits per heavy atom. The van der Waals surface area contributed by atoms with E-state index in [1.54, 1.807) is 31.2 Å². The van der Waals surface area contributed by atoms with Crippen molar-refractivity contribution in [3.8, 4) is 5.75 Å². The highest BCUT2D eigenvalue weighted by Gasteiger charge is 2.15. The zero-order chi connectivity index (χ0) is 16.7. The molecule has 6 heteroatoms. The van der Waals surface area contributed by atoms with Gasteiger partial charge in [-0.05, 0) is 30.2 Å². The van der Waals surface area contributed by atoms with Gasteiger partial charge in [-0.15, -0.1) is 0 Å². The maximum Gasteiger partial charge on any atom is 0.328 e. The van der Waals surface area contributed by atoms with Gasteiger partial charge in [-0.2, -0.15) is 0 Å². The van der Waals surface area contributed by atoms with E-state index >= 15 is 0 Å². The Bertz CT molecular complexity index is 534. The van der Waals surface area contributed by atoms with Gasteiger partial charge >= 0.3 is 5.97 Å². The Hall–Kier alpha value is -1.89. The molecule has 23 heavy (non-hydrogen) atoms. The number of nitrogens with zero attached hydrogens (tertiary/aromatic N) is 1. The molecule has 0 aliphatic carbocycles. The second kappa shape index (κ2) is 8.67. The third kappa shape index (κ3) is 6.02. The molecule has 1 aliphatic rings. The lowest BCUT2D eigenvalue weighted by atomic mass is 10.1. The van der Waals surface area contributed by atoms with Crippen LogP contribution in [-0.2, 0) is 9.53 Å². The first-order chi connectivity index (χ1) is 11.0. The van der Waals surface area contributed by atoms with E-state index in [1.807, 2.05) is 0 Å². The first-order valence-electron chi connectivity index (χ1n) is 7.67. The molecule has 0 aromatic heterocycles. The normalized spacial score (nSPS) is 17.7. The molecule has 0 amide bonds. The minimum absolute atomic E-state index is 0.223. The lowest BCUT2D eigenvalue weighted by Crippen LogP contribution is -2.42. The highest BCUT2D eigenvalue weighted by Crippen LogP contribution is 2.18. The first kappa shape index (κ1) is 17.5. The molecule has 0 saturated carbocycles. The van der Waals surface area contributed by atoms with Crippen LogP contribution in [0.1, 0.15) is 12.5 Å². The van der Waals surface area contributed by atoms with Crippen LogP contribution in [0.25, 0.3) is 5.57 Å². The van der Waals surface area contributed by atoms with Crippen LogP contribution in [-0.4, -0.2) is 66.6 Å². The van der Waals surface area contributed by atoms with E-state index in [-0.39, 0.29) is 6.61 Å². The molecule has 1 unspecified atom stereocenters. The number of β-amino-alcohol motifs (C(OH)–C–C–N with tert-alkyl or cyclic N) is 1. The van der Waals surface area contributed by atoms with Crippen LogP contribution in [0.4, 0.5) is 0 Å². The summed E-state index contributed by atoms with van der Waals surface area (Å²) in [4.78, 5) is 12.8. The molecule has 1 aliphatic heterocycles. The number of morpholine rings is 1. The molecule has 2 N–H and O–H groups in total. The van der Waals surface area contributed by atoms with Gasteiger partial charge in [0.05, 0.1) is 13.2 Å². The number of carboxylic acid groups (broad SMARTS) is 1. The Labute approximate surface area is 135 Å². The van der Waals surface area contributed by atoms with Gasteiger partial charge in [0.15, 0.2) is 0 Å². The topological polar surface area (TPSA) is 79.2 Å². The number of rotatable bonds is 7. The Morgan fingerprint density at radius 1 is 1.35 bits per heavy atom. The van der Waals surface area contributed by atoms with Crippen LogP contribution in [0.3, 0.4) is 0 Å². The summed E-state index contributed by atoms with van der Waals surface area (Å²) < 4.78 is 10.9. The van der Waals surface area contributed by atoms with Crippen LogP contribution in [0.2, 0.25) is 0 Å². The molecule has 1 aromatic rings. The number of carboxylic acids is 1. The van der Waals surface area contributed by atoms with Gasteiger partial charge in [-0.3, -0.25) is 4.90 Å². The van der Waals surface area contributed by atoms with Gasteiger partial charge in [0, 0.05) is 25.7 Å². The maximum atomic E-state index is 10.7. The highest BCUT2D eigenvalue weighted by molar-refractivity contribution is 5.89. The summed E-state index contributed by atoms with van der Waals surface area (Å²) in [5.41, 5.74) is 1.50. The summed E-state index contributed by atoms with van der Waals surface area (Å²) in [5, 5.41) is 18.8. The van der Waals surface area contributed by atoms with Crippen molar-refractivity contribution >= 4 is 11.5 Å². The summed E-state index contributed by atoms with van der Waals surface area (Å²) in [6.07, 6.45) is 0.614. The molecule has 1 fully saturated rings. The Morgan fingerprint density at radius 3 is 2.61 bits per heavy atom. The van der Waals surface area contributed by atoms with E-state index in [2.05, 4.69) is 4.90 Å². The number of hydrogen-bond donors (Lipinski definition) is 2. The molecular weight excluding hydrogens is 298 g/mol. The molecule has 0 bridgehead atoms. The number of ether oxygens (including phenoxy) is 2. The molecule has 1 saturated heterocycles. The fourth-order valence-electron chi connectivity index (χ4n) is 2.41. The van der Waals surface area contributed by atoms with Crippen molar-refractivity contribution in [2.45, 2.75) is 13.0 Å². The average Bonchev–Trinajstić information content (AvgIpc) is 2.54. The predicted molar refractivity (Wildman–Crippen MR) is 86.5 cm³/mol. The van der Waals surface area contributed by atoms with Crippen LogP contribution in [0, 0.1) is 0 Å². The monoisotopic (exact) mass is 321 g/mol. The third-order valence-corrected chi connectivity index (χ3v) is 3.66. The minimum atomic E-state index is -0.964. The number of aliphatic hydroxyl groups is 1. The van der Waals surface area contributed by atoms with E-state index in [9.17, 15) is 9.90 Å². The average molecular weight is 321 g/mol. The number of aliphatic hydroxyl groups excluding tert-OH is 1. The lowest BCUT2D eigenvalue weighted by molar-refractivity contribution is -0.131. The zero-order valence-electron chi connectivity index (χ0n) is 13.3. The van der Waals surface area contributed by atoms with Crippen molar-refractivity contribution in [2.24, 2.45) is 0 Å². The van der Waals surface area contributed by atoms with Crippen molar-refractivity contribution in [2.75, 3.05) is 39.5 Å². The summed E-state index contributed by atoms with van der Waals surface area (Å²) in [6.45, 7) is 5.62. The molecule has 2 rings (SSSR count). The largest absolute Gasteiger partial charge is 0.491 e. The van der Waals surface area contributed by atoms with E-state index in [1.165, 1.54) is 6.08 Å². The van der Waals surface area contributed by atoms with E-state index in [0.29, 0.717) is 31.1 Å². The van der Waals surface area contributed by atoms with Crippen molar-refractivity contribution in [3.05, 3.63) is 35.9 Å². The quantitative estimate of drug-likeness (QED) is 0.736. The SMILES string of the molecule is CC(=CC(=O)O)c1ccc(OCC(O)CN2CCOCC2)cc1. The standard InChI is InChI=1S/C17H23NO5/c1-13(10-17(20)21)14-2-4-16(5-3-14)23-12-15(19)11-18-6-8-22-9-7-18/h2-5,10,15,19H,6-9,11-12H2,1H3,(H,20,21). The van der Waals surface area contributed by atoms with Crippen LogP contribution in [0.5, 0.6) is 5.75 Å². The van der Waals surface area contributed by atoms with Gasteiger partial charge in [-0.25, -0.2) is 4.79 Å². The molecular formula is C17H23NO5. The second-order valence-electron chi connectivity index (χ2n) is 5.57. The highest BCUT2D eigenvalue weighted by atomic mass is 16.5. The van der Waals surface area contributed by atoms with Crippen LogP contribution < -0.4 is 4.74 Å². The number of allylic oxidation sites excluding steroid dienone is 1. The Kier molecular flexibility index (Phi) is 6.58. The predicted octanol–water partition coefficient (Wildman–Crippen LogP) is 1.25. The fraction of sp³-hybridized carbons (Fsp3) is 0.471. The van der Waals surface area contributed by atoms with Gasteiger partial charge in [0.25, 0.3) is 0 Å². The van der Waals surface area contributed by atoms with E-state index < -0.39 is 12.1 Å². The van der Waals surface area contributed by atoms with E-state index in [4.69, 9.17) is 14.6 Å². The van der Waals surface area contributed by atoms with Crippen molar-refractivity contribution in [1.29, 1.82) is 0 Å². The van der Waals surface area contributed by atoms with Gasteiger partial charge < -0.3 is 19.7 Å². The Balaban J connectivity index is 1.80. The summed E-state index contributed by atoms with van der Waals surface area (Å²) in [5.74, 6) is -0.313. The number of benzene rings is 1. The molecule has 0 spiro atoms. The van der Waals surface area contributed by atoms with Gasteiger partial charge in [0.1, 0.15) is 18.5 Å². The minimum Gasteiger partial charge on any atom is -0.491 e. The lowest BCUT2D eigenvalue weighted by Gasteiger charge is -2.28. The van der Waals surface area contributed by atoms with E-state index in [0.717, 1.165) is 18.7 Å². The van der Waals surface area contributed by atoms with Crippen LogP contribution in [0.15, 0.2) is 30.3 Å². The van der Waals surface area contributed by atoms with Gasteiger partial charge in [0.2, 0.25) is 0 Å². The second-order valence-corrected chi connectivity index (χ2v) is 5.57. The molecule has 1 atom stereocenters. The summed E-state index contributed by atoms with van der Waals surface area (Å²) in [6, 6.07) is 7.16. The number of aliphatic carboxylic acids is 1. The molecule has 1 heterocycles. The zero-order valence-corrected chi connectivity index (χ0v) is 13.3. The summed E-state index contributed by atoms with van der Waals surface area (Å²) in [7, 11) is 0. The smallest absolute Gasteiger partial charge is 0.328 e. The first-order valence-corrected chi connectivity index (χ1v) is 7.67. The third-order valence-electron chi connectivity index (χ3n) is 3.66. The van der Waals surface area contributed by atoms with Crippen molar-refractivity contribution in [1.82, 2.24) is 4.90 Å². The summed E-state index contributed by atoms with van der Waals surface area (Å²) >= 11 is 0. The fourth-order valence-corrected chi connectivity index (χ4v) is 2.41. The maximum absolute atomic E-state index is 10.7. The van der Waals surface area contributed by atoms with Crippen LogP contribution >= 0.6 is 0 Å².